The predicted octanol–water partition coefficient (Wildman–Crippen LogP) is -0.467. The van der Waals surface area contributed by atoms with E-state index in [-0.39, 0.29) is 13.0 Å². The lowest BCUT2D eigenvalue weighted by atomic mass is 10.2. The Labute approximate surface area is 71.1 Å². The standard InChI is InChI=1S/C7H15NO4/c1-7(2,11)12-5(3-4-8)6(9)10/h5,11H,3-4,8H2,1-2H3,(H,9,10)/t5-/m1/s1. The molecule has 0 radical (unpaired) electrons. The summed E-state index contributed by atoms with van der Waals surface area (Å²) in [6, 6.07) is 0. The van der Waals surface area contributed by atoms with Crippen molar-refractivity contribution < 1.29 is 19.7 Å². The molecule has 0 rings (SSSR count). The van der Waals surface area contributed by atoms with E-state index in [1.54, 1.807) is 0 Å². The van der Waals surface area contributed by atoms with Crippen molar-refractivity contribution in [3.63, 3.8) is 0 Å². The van der Waals surface area contributed by atoms with Gasteiger partial charge >= 0.3 is 5.97 Å². The maximum absolute atomic E-state index is 10.5. The van der Waals surface area contributed by atoms with E-state index < -0.39 is 17.9 Å². The summed E-state index contributed by atoms with van der Waals surface area (Å²) in [5, 5.41) is 17.7. The Morgan fingerprint density at radius 1 is 1.67 bits per heavy atom. The van der Waals surface area contributed by atoms with Gasteiger partial charge in [0.05, 0.1) is 0 Å². The van der Waals surface area contributed by atoms with Gasteiger partial charge in [0.2, 0.25) is 0 Å². The molecule has 0 aliphatic heterocycles. The summed E-state index contributed by atoms with van der Waals surface area (Å²) in [7, 11) is 0. The fraction of sp³-hybridized carbons (Fsp3) is 0.857. The van der Waals surface area contributed by atoms with Crippen molar-refractivity contribution in [3.8, 4) is 0 Å². The van der Waals surface area contributed by atoms with Gasteiger partial charge in [-0.25, -0.2) is 4.79 Å². The highest BCUT2D eigenvalue weighted by molar-refractivity contribution is 5.72. The van der Waals surface area contributed by atoms with Gasteiger partial charge < -0.3 is 20.7 Å². The zero-order chi connectivity index (χ0) is 9.78. The van der Waals surface area contributed by atoms with Crippen LogP contribution in [0.2, 0.25) is 0 Å². The Bertz CT molecular complexity index is 152. The van der Waals surface area contributed by atoms with Crippen LogP contribution in [0.4, 0.5) is 0 Å². The normalized spacial score (nSPS) is 14.3. The third-order valence-electron chi connectivity index (χ3n) is 1.13. The van der Waals surface area contributed by atoms with Crippen LogP contribution >= 0.6 is 0 Å². The first-order valence-electron chi connectivity index (χ1n) is 3.70. The molecule has 0 fully saturated rings. The molecular weight excluding hydrogens is 162 g/mol. The number of aliphatic hydroxyl groups is 1. The van der Waals surface area contributed by atoms with Gasteiger partial charge in [0.25, 0.3) is 0 Å². The average Bonchev–Trinajstić information content (AvgIpc) is 1.83. The fourth-order valence-corrected chi connectivity index (χ4v) is 0.732. The third-order valence-corrected chi connectivity index (χ3v) is 1.13. The summed E-state index contributed by atoms with van der Waals surface area (Å²) in [5.74, 6) is -2.54. The molecule has 0 spiro atoms. The number of hydrogen-bond acceptors (Lipinski definition) is 4. The topological polar surface area (TPSA) is 92.8 Å². The van der Waals surface area contributed by atoms with Crippen LogP contribution in [-0.2, 0) is 9.53 Å². The van der Waals surface area contributed by atoms with Crippen LogP contribution in [-0.4, -0.2) is 34.6 Å². The van der Waals surface area contributed by atoms with Crippen molar-refractivity contribution in [1.82, 2.24) is 0 Å². The summed E-state index contributed by atoms with van der Waals surface area (Å²) in [6.07, 6.45) is -0.839. The molecule has 0 aromatic rings. The van der Waals surface area contributed by atoms with Crippen molar-refractivity contribution >= 4 is 5.97 Å². The molecule has 5 heteroatoms. The average molecular weight is 177 g/mol. The van der Waals surface area contributed by atoms with Crippen LogP contribution in [0, 0.1) is 0 Å². The first kappa shape index (κ1) is 11.4. The molecule has 0 saturated carbocycles. The maximum atomic E-state index is 10.5. The Hall–Kier alpha value is -0.650. The molecule has 0 aliphatic rings. The van der Waals surface area contributed by atoms with E-state index in [0.29, 0.717) is 0 Å². The number of rotatable bonds is 5. The number of carboxylic acid groups (broad SMARTS) is 1. The first-order chi connectivity index (χ1) is 5.37. The maximum Gasteiger partial charge on any atom is 0.333 e. The molecule has 0 aliphatic carbocycles. The van der Waals surface area contributed by atoms with E-state index in [1.807, 2.05) is 0 Å². The van der Waals surface area contributed by atoms with Crippen LogP contribution in [0.3, 0.4) is 0 Å². The van der Waals surface area contributed by atoms with Crippen LogP contribution < -0.4 is 5.73 Å². The predicted molar refractivity (Wildman–Crippen MR) is 42.5 cm³/mol. The van der Waals surface area contributed by atoms with Crippen molar-refractivity contribution in [1.29, 1.82) is 0 Å². The second-order valence-corrected chi connectivity index (χ2v) is 2.97. The number of carbonyl (C=O) groups is 1. The largest absolute Gasteiger partial charge is 0.479 e. The molecule has 0 saturated heterocycles. The van der Waals surface area contributed by atoms with Crippen molar-refractivity contribution in [3.05, 3.63) is 0 Å². The third kappa shape index (κ3) is 5.06. The van der Waals surface area contributed by atoms with Crippen LogP contribution in [0.25, 0.3) is 0 Å². The van der Waals surface area contributed by atoms with E-state index in [2.05, 4.69) is 0 Å². The molecule has 0 bridgehead atoms. The molecule has 0 heterocycles. The Kier molecular flexibility index (Phi) is 4.16. The minimum Gasteiger partial charge on any atom is -0.479 e. The lowest BCUT2D eigenvalue weighted by molar-refractivity contribution is -0.215. The van der Waals surface area contributed by atoms with Crippen molar-refractivity contribution in [2.45, 2.75) is 32.2 Å². The highest BCUT2D eigenvalue weighted by atomic mass is 16.6. The number of aliphatic carboxylic acids is 1. The molecule has 1 atom stereocenters. The van der Waals surface area contributed by atoms with Gasteiger partial charge in [0.1, 0.15) is 0 Å². The lowest BCUT2D eigenvalue weighted by Crippen LogP contribution is -2.36. The van der Waals surface area contributed by atoms with Gasteiger partial charge in [0, 0.05) is 0 Å². The smallest absolute Gasteiger partial charge is 0.333 e. The van der Waals surface area contributed by atoms with E-state index in [9.17, 15) is 4.79 Å². The molecule has 72 valence electrons. The minimum atomic E-state index is -1.43. The van der Waals surface area contributed by atoms with Gasteiger partial charge in [0.15, 0.2) is 11.9 Å². The summed E-state index contributed by atoms with van der Waals surface area (Å²) in [6.45, 7) is 2.96. The molecule has 0 amide bonds. The van der Waals surface area contributed by atoms with Gasteiger partial charge in [-0.2, -0.15) is 0 Å². The van der Waals surface area contributed by atoms with E-state index in [1.165, 1.54) is 13.8 Å². The van der Waals surface area contributed by atoms with Crippen LogP contribution in [0.5, 0.6) is 0 Å². The highest BCUT2D eigenvalue weighted by Gasteiger charge is 2.25. The van der Waals surface area contributed by atoms with Gasteiger partial charge in [-0.15, -0.1) is 0 Å². The van der Waals surface area contributed by atoms with Crippen LogP contribution in [0.1, 0.15) is 20.3 Å². The Morgan fingerprint density at radius 2 is 2.17 bits per heavy atom. The second-order valence-electron chi connectivity index (χ2n) is 2.97. The Morgan fingerprint density at radius 3 is 2.42 bits per heavy atom. The van der Waals surface area contributed by atoms with Crippen LogP contribution in [0.15, 0.2) is 0 Å². The van der Waals surface area contributed by atoms with Gasteiger partial charge in [-0.1, -0.05) is 0 Å². The molecule has 4 N–H and O–H groups in total. The Balaban J connectivity index is 4.05. The van der Waals surface area contributed by atoms with E-state index in [0.717, 1.165) is 0 Å². The number of nitrogens with two attached hydrogens (primary N) is 1. The lowest BCUT2D eigenvalue weighted by Gasteiger charge is -2.23. The number of carboxylic acids is 1. The minimum absolute atomic E-state index is 0.194. The summed E-state index contributed by atoms with van der Waals surface area (Å²) in [4.78, 5) is 10.5. The van der Waals surface area contributed by atoms with Crippen molar-refractivity contribution in [2.75, 3.05) is 6.54 Å². The summed E-state index contributed by atoms with van der Waals surface area (Å²) >= 11 is 0. The SMILES string of the molecule is CC(C)(O)O[C@H](CCN)C(=O)O. The van der Waals surface area contributed by atoms with E-state index in [4.69, 9.17) is 20.7 Å². The van der Waals surface area contributed by atoms with E-state index >= 15 is 0 Å². The second kappa shape index (κ2) is 4.39. The highest BCUT2D eigenvalue weighted by Crippen LogP contribution is 2.10. The zero-order valence-corrected chi connectivity index (χ0v) is 7.28. The first-order valence-corrected chi connectivity index (χ1v) is 3.70. The molecule has 5 nitrogen and oxygen atoms in total. The molecular formula is C7H15NO4. The number of ether oxygens (including phenoxy) is 1. The molecule has 12 heavy (non-hydrogen) atoms. The fourth-order valence-electron chi connectivity index (χ4n) is 0.732. The van der Waals surface area contributed by atoms with Crippen molar-refractivity contribution in [2.24, 2.45) is 5.73 Å². The monoisotopic (exact) mass is 177 g/mol. The quantitative estimate of drug-likeness (QED) is 0.494. The van der Waals surface area contributed by atoms with Gasteiger partial charge in [-0.3, -0.25) is 0 Å². The van der Waals surface area contributed by atoms with Gasteiger partial charge in [-0.05, 0) is 26.8 Å². The number of hydrogen-bond donors (Lipinski definition) is 3. The molecule has 0 aromatic heterocycles. The molecule has 0 aromatic carbocycles. The molecule has 0 unspecified atom stereocenters. The summed E-state index contributed by atoms with van der Waals surface area (Å²) < 4.78 is 4.82. The zero-order valence-electron chi connectivity index (χ0n) is 7.28. The summed E-state index contributed by atoms with van der Waals surface area (Å²) in [5.41, 5.74) is 5.16.